The van der Waals surface area contributed by atoms with Crippen molar-refractivity contribution in [1.82, 2.24) is 14.4 Å². The molecular formula is C25H25N5O2. The number of nitrogens with zero attached hydrogens (tertiary/aromatic N) is 4. The molecule has 0 spiro atoms. The predicted octanol–water partition coefficient (Wildman–Crippen LogP) is 4.47. The summed E-state index contributed by atoms with van der Waals surface area (Å²) >= 11 is 0. The summed E-state index contributed by atoms with van der Waals surface area (Å²) in [6.45, 7) is 5.16. The smallest absolute Gasteiger partial charge is 0.180 e. The summed E-state index contributed by atoms with van der Waals surface area (Å²) in [6, 6.07) is 14.0. The Kier molecular flexibility index (Phi) is 5.11. The highest BCUT2D eigenvalue weighted by atomic mass is 16.5. The maximum atomic E-state index is 9.39. The van der Waals surface area contributed by atoms with Crippen molar-refractivity contribution in [2.45, 2.75) is 20.4 Å². The van der Waals surface area contributed by atoms with Gasteiger partial charge in [0.1, 0.15) is 5.75 Å². The SMILES string of the molecule is CC(C)(CO)COc1ccc(Nc2nc(-c3ccc4c(c3)CN=C4)cn3ccnc23)cc1. The fourth-order valence-corrected chi connectivity index (χ4v) is 3.52. The van der Waals surface area contributed by atoms with Crippen molar-refractivity contribution in [2.24, 2.45) is 10.4 Å². The molecule has 32 heavy (non-hydrogen) atoms. The Morgan fingerprint density at radius 3 is 2.81 bits per heavy atom. The number of aliphatic hydroxyl groups is 1. The van der Waals surface area contributed by atoms with Gasteiger partial charge in [0.15, 0.2) is 11.5 Å². The summed E-state index contributed by atoms with van der Waals surface area (Å²) in [6.07, 6.45) is 7.59. The van der Waals surface area contributed by atoms with Crippen LogP contribution in [0.3, 0.4) is 0 Å². The molecule has 0 saturated carbocycles. The molecule has 0 bridgehead atoms. The van der Waals surface area contributed by atoms with Crippen LogP contribution >= 0.6 is 0 Å². The molecule has 0 aliphatic carbocycles. The van der Waals surface area contributed by atoms with E-state index in [1.54, 1.807) is 6.20 Å². The quantitative estimate of drug-likeness (QED) is 0.455. The molecule has 0 amide bonds. The summed E-state index contributed by atoms with van der Waals surface area (Å²) in [5.41, 5.74) is 5.64. The molecule has 0 fully saturated rings. The van der Waals surface area contributed by atoms with E-state index >= 15 is 0 Å². The molecule has 162 valence electrons. The van der Waals surface area contributed by atoms with Crippen molar-refractivity contribution in [3.8, 4) is 17.0 Å². The van der Waals surface area contributed by atoms with Gasteiger partial charge in [0.2, 0.25) is 0 Å². The Hall–Kier alpha value is -3.71. The molecular weight excluding hydrogens is 402 g/mol. The van der Waals surface area contributed by atoms with Crippen molar-refractivity contribution >= 4 is 23.4 Å². The van der Waals surface area contributed by atoms with Gasteiger partial charge in [-0.25, -0.2) is 9.97 Å². The van der Waals surface area contributed by atoms with Gasteiger partial charge in [0, 0.05) is 41.5 Å². The predicted molar refractivity (Wildman–Crippen MR) is 126 cm³/mol. The average Bonchev–Trinajstić information content (AvgIpc) is 3.47. The topological polar surface area (TPSA) is 84.0 Å². The van der Waals surface area contributed by atoms with Gasteiger partial charge in [-0.15, -0.1) is 0 Å². The Bertz CT molecular complexity index is 1290. The summed E-state index contributed by atoms with van der Waals surface area (Å²) in [7, 11) is 0. The van der Waals surface area contributed by atoms with E-state index in [1.807, 2.05) is 61.1 Å². The minimum absolute atomic E-state index is 0.0756. The van der Waals surface area contributed by atoms with E-state index in [2.05, 4.69) is 33.5 Å². The zero-order valence-corrected chi connectivity index (χ0v) is 18.1. The monoisotopic (exact) mass is 427 g/mol. The zero-order chi connectivity index (χ0) is 22.1. The Labute approximate surface area is 186 Å². The van der Waals surface area contributed by atoms with Crippen LogP contribution in [-0.4, -0.2) is 38.9 Å². The van der Waals surface area contributed by atoms with Gasteiger partial charge in [-0.2, -0.15) is 0 Å². The number of anilines is 2. The van der Waals surface area contributed by atoms with Gasteiger partial charge in [-0.05, 0) is 41.5 Å². The van der Waals surface area contributed by atoms with Crippen molar-refractivity contribution < 1.29 is 9.84 Å². The fraction of sp³-hybridized carbons (Fsp3) is 0.240. The molecule has 1 aliphatic rings. The molecule has 0 unspecified atom stereocenters. The number of hydrogen-bond acceptors (Lipinski definition) is 6. The van der Waals surface area contributed by atoms with Crippen molar-refractivity contribution in [2.75, 3.05) is 18.5 Å². The first-order valence-corrected chi connectivity index (χ1v) is 10.6. The number of imidazole rings is 1. The van der Waals surface area contributed by atoms with Gasteiger partial charge in [0.25, 0.3) is 0 Å². The normalized spacial score (nSPS) is 12.8. The second-order valence-corrected chi connectivity index (χ2v) is 8.78. The fourth-order valence-electron chi connectivity index (χ4n) is 3.52. The number of fused-ring (bicyclic) bond motifs is 2. The average molecular weight is 428 g/mol. The van der Waals surface area contributed by atoms with E-state index in [1.165, 1.54) is 11.1 Å². The number of nitrogens with one attached hydrogen (secondary N) is 1. The molecule has 0 atom stereocenters. The molecule has 1 aliphatic heterocycles. The molecule has 3 heterocycles. The number of aliphatic imine (C=N–C) groups is 1. The first kappa shape index (κ1) is 20.2. The third-order valence-electron chi connectivity index (χ3n) is 5.48. The van der Waals surface area contributed by atoms with Crippen LogP contribution in [0.25, 0.3) is 16.9 Å². The number of rotatable bonds is 7. The highest BCUT2D eigenvalue weighted by Gasteiger charge is 2.17. The summed E-state index contributed by atoms with van der Waals surface area (Å²) < 4.78 is 7.78. The third kappa shape index (κ3) is 4.07. The number of aliphatic hydroxyl groups excluding tert-OH is 1. The lowest BCUT2D eigenvalue weighted by Crippen LogP contribution is -2.25. The lowest BCUT2D eigenvalue weighted by Gasteiger charge is -2.21. The molecule has 0 radical (unpaired) electrons. The molecule has 7 heteroatoms. The molecule has 2 N–H and O–H groups in total. The largest absolute Gasteiger partial charge is 0.493 e. The van der Waals surface area contributed by atoms with Gasteiger partial charge >= 0.3 is 0 Å². The van der Waals surface area contributed by atoms with E-state index in [4.69, 9.17) is 9.72 Å². The van der Waals surface area contributed by atoms with E-state index in [0.29, 0.717) is 19.0 Å². The second-order valence-electron chi connectivity index (χ2n) is 8.78. The minimum Gasteiger partial charge on any atom is -0.493 e. The summed E-state index contributed by atoms with van der Waals surface area (Å²) in [5.74, 6) is 1.43. The van der Waals surface area contributed by atoms with E-state index in [-0.39, 0.29) is 12.0 Å². The van der Waals surface area contributed by atoms with E-state index in [0.717, 1.165) is 28.3 Å². The number of aromatic nitrogens is 3. The number of benzene rings is 2. The third-order valence-corrected chi connectivity index (χ3v) is 5.48. The van der Waals surface area contributed by atoms with Crippen molar-refractivity contribution in [3.05, 3.63) is 72.2 Å². The number of hydrogen-bond donors (Lipinski definition) is 2. The van der Waals surface area contributed by atoms with Crippen molar-refractivity contribution in [1.29, 1.82) is 0 Å². The van der Waals surface area contributed by atoms with Crippen molar-refractivity contribution in [3.63, 3.8) is 0 Å². The minimum atomic E-state index is -0.281. The van der Waals surface area contributed by atoms with Crippen LogP contribution in [0.15, 0.2) is 66.0 Å². The Balaban J connectivity index is 1.40. The standard InChI is InChI=1S/C25H25N5O2/c1-25(2,15-31)16-32-21-7-5-20(6-8-21)28-23-24-27-9-10-30(24)14-22(29-23)17-3-4-18-12-26-13-19(18)11-17/h3-12,14,31H,13,15-16H2,1-2H3,(H,28,29). The first-order chi connectivity index (χ1) is 15.5. The van der Waals surface area contributed by atoms with Gasteiger partial charge < -0.3 is 19.6 Å². The molecule has 0 saturated heterocycles. The van der Waals surface area contributed by atoms with Crippen LogP contribution < -0.4 is 10.1 Å². The van der Waals surface area contributed by atoms with E-state index < -0.39 is 0 Å². The summed E-state index contributed by atoms with van der Waals surface area (Å²) in [5, 5.41) is 12.8. The zero-order valence-electron chi connectivity index (χ0n) is 18.1. The van der Waals surface area contributed by atoms with Gasteiger partial charge in [-0.1, -0.05) is 26.0 Å². The highest BCUT2D eigenvalue weighted by molar-refractivity contribution is 5.86. The van der Waals surface area contributed by atoms with Gasteiger partial charge in [-0.3, -0.25) is 4.99 Å². The maximum absolute atomic E-state index is 9.39. The van der Waals surface area contributed by atoms with Crippen LogP contribution in [0.2, 0.25) is 0 Å². The maximum Gasteiger partial charge on any atom is 0.180 e. The summed E-state index contributed by atoms with van der Waals surface area (Å²) in [4.78, 5) is 13.7. The molecule has 5 rings (SSSR count). The van der Waals surface area contributed by atoms with Crippen LogP contribution in [0.4, 0.5) is 11.5 Å². The molecule has 7 nitrogen and oxygen atoms in total. The van der Waals surface area contributed by atoms with E-state index in [9.17, 15) is 5.11 Å². The molecule has 2 aromatic heterocycles. The molecule has 4 aromatic rings. The van der Waals surface area contributed by atoms with Gasteiger partial charge in [0.05, 0.1) is 25.5 Å². The molecule has 2 aromatic carbocycles. The van der Waals surface area contributed by atoms with Crippen LogP contribution in [0, 0.1) is 5.41 Å². The Morgan fingerprint density at radius 1 is 1.16 bits per heavy atom. The second kappa shape index (κ2) is 8.09. The highest BCUT2D eigenvalue weighted by Crippen LogP contribution is 2.28. The van der Waals surface area contributed by atoms with Crippen LogP contribution in [0.5, 0.6) is 5.75 Å². The lowest BCUT2D eigenvalue weighted by atomic mass is 9.97. The van der Waals surface area contributed by atoms with Crippen LogP contribution in [0.1, 0.15) is 25.0 Å². The lowest BCUT2D eigenvalue weighted by molar-refractivity contribution is 0.0976. The first-order valence-electron chi connectivity index (χ1n) is 10.6. The Morgan fingerprint density at radius 2 is 2.00 bits per heavy atom. The number of ether oxygens (including phenoxy) is 1. The van der Waals surface area contributed by atoms with Crippen LogP contribution in [-0.2, 0) is 6.54 Å².